The third-order valence-electron chi connectivity index (χ3n) is 3.62. The summed E-state index contributed by atoms with van der Waals surface area (Å²) in [5.41, 5.74) is 3.03. The number of nitrogens with zero attached hydrogens (tertiary/aromatic N) is 2. The molecule has 0 aliphatic carbocycles. The predicted molar refractivity (Wildman–Crippen MR) is 95.1 cm³/mol. The van der Waals surface area contributed by atoms with Crippen LogP contribution in [0.5, 0.6) is 0 Å². The number of anilines is 1. The Balaban J connectivity index is 2.40. The highest BCUT2D eigenvalue weighted by Crippen LogP contribution is 2.26. The summed E-state index contributed by atoms with van der Waals surface area (Å²) in [4.78, 5) is 12.2. The van der Waals surface area contributed by atoms with Crippen molar-refractivity contribution in [3.63, 3.8) is 0 Å². The van der Waals surface area contributed by atoms with Gasteiger partial charge in [-0.1, -0.05) is 52.3 Å². The number of rotatable bonds is 4. The number of hydrogen-bond donors (Lipinski definition) is 1. The van der Waals surface area contributed by atoms with Crippen LogP contribution in [0.15, 0.2) is 30.3 Å². The van der Waals surface area contributed by atoms with Gasteiger partial charge in [-0.3, -0.25) is 4.79 Å². The Kier molecular flexibility index (Phi) is 4.93. The molecule has 1 heterocycles. The number of aromatic nitrogens is 2. The molecule has 4 heteroatoms. The second-order valence-electron chi connectivity index (χ2n) is 7.56. The molecule has 2 aromatic rings. The third kappa shape index (κ3) is 4.44. The quantitative estimate of drug-likeness (QED) is 0.905. The van der Waals surface area contributed by atoms with Gasteiger partial charge in [0.25, 0.3) is 0 Å². The van der Waals surface area contributed by atoms with Gasteiger partial charge in [-0.15, -0.1) is 0 Å². The minimum Gasteiger partial charge on any atom is -0.311 e. The summed E-state index contributed by atoms with van der Waals surface area (Å²) in [5.74, 6) is 1.07. The summed E-state index contributed by atoms with van der Waals surface area (Å²) >= 11 is 0. The monoisotopic (exact) mass is 313 g/mol. The number of carbonyl (C=O) groups is 1. The summed E-state index contributed by atoms with van der Waals surface area (Å²) < 4.78 is 1.82. The Hall–Kier alpha value is -2.10. The van der Waals surface area contributed by atoms with Crippen molar-refractivity contribution < 1.29 is 4.79 Å². The first-order chi connectivity index (χ1) is 10.7. The topological polar surface area (TPSA) is 46.9 Å². The van der Waals surface area contributed by atoms with Crippen LogP contribution in [0.2, 0.25) is 0 Å². The molecule has 0 unspecified atom stereocenters. The molecule has 0 saturated carbocycles. The lowest BCUT2D eigenvalue weighted by molar-refractivity contribution is -0.116. The molecule has 0 aliphatic heterocycles. The summed E-state index contributed by atoms with van der Waals surface area (Å²) in [5, 5.41) is 7.72. The highest BCUT2D eigenvalue weighted by atomic mass is 16.1. The Morgan fingerprint density at radius 2 is 1.83 bits per heavy atom. The van der Waals surface area contributed by atoms with Crippen molar-refractivity contribution in [3.05, 3.63) is 41.6 Å². The largest absolute Gasteiger partial charge is 0.311 e. The van der Waals surface area contributed by atoms with E-state index in [1.54, 1.807) is 0 Å². The first kappa shape index (κ1) is 17.3. The lowest BCUT2D eigenvalue weighted by atomic mass is 9.92. The van der Waals surface area contributed by atoms with Crippen molar-refractivity contribution in [1.82, 2.24) is 9.78 Å². The molecular weight excluding hydrogens is 286 g/mol. The first-order valence-electron chi connectivity index (χ1n) is 8.14. The molecule has 0 bridgehead atoms. The maximum Gasteiger partial charge on any atom is 0.225 e. The van der Waals surface area contributed by atoms with Gasteiger partial charge in [0.15, 0.2) is 0 Å². The molecule has 0 spiro atoms. The fourth-order valence-corrected chi connectivity index (χ4v) is 2.28. The maximum atomic E-state index is 12.2. The molecule has 2 rings (SSSR count). The minimum atomic E-state index is -0.0759. The van der Waals surface area contributed by atoms with Crippen LogP contribution >= 0.6 is 0 Å². The standard InChI is InChI=1S/C19H27N3O/c1-13(2)11-18(23)20-17-12-16(19(4,5)6)21-22(17)15-9-7-14(3)8-10-15/h7-10,12-13H,11H2,1-6H3,(H,20,23). The van der Waals surface area contributed by atoms with Crippen LogP contribution in [0.25, 0.3) is 5.69 Å². The minimum absolute atomic E-state index is 0.0220. The predicted octanol–water partition coefficient (Wildman–Crippen LogP) is 4.46. The molecule has 23 heavy (non-hydrogen) atoms. The second-order valence-corrected chi connectivity index (χ2v) is 7.56. The average Bonchev–Trinajstić information content (AvgIpc) is 2.82. The Bertz CT molecular complexity index is 676. The van der Waals surface area contributed by atoms with Crippen LogP contribution in [0, 0.1) is 12.8 Å². The Morgan fingerprint density at radius 1 is 1.22 bits per heavy atom. The number of aryl methyl sites for hydroxylation is 1. The van der Waals surface area contributed by atoms with Gasteiger partial charge in [0.05, 0.1) is 11.4 Å². The summed E-state index contributed by atoms with van der Waals surface area (Å²) in [6.45, 7) is 12.5. The number of carbonyl (C=O) groups excluding carboxylic acids is 1. The molecule has 1 aromatic carbocycles. The van der Waals surface area contributed by atoms with E-state index in [4.69, 9.17) is 5.10 Å². The van der Waals surface area contributed by atoms with Gasteiger partial charge in [-0.25, -0.2) is 4.68 Å². The van der Waals surface area contributed by atoms with E-state index >= 15 is 0 Å². The molecule has 1 amide bonds. The number of benzene rings is 1. The summed E-state index contributed by atoms with van der Waals surface area (Å²) in [6.07, 6.45) is 0.504. The zero-order chi connectivity index (χ0) is 17.2. The van der Waals surface area contributed by atoms with Gasteiger partial charge in [0.1, 0.15) is 5.82 Å². The van der Waals surface area contributed by atoms with Gasteiger partial charge in [0.2, 0.25) is 5.91 Å². The van der Waals surface area contributed by atoms with Gasteiger partial charge >= 0.3 is 0 Å². The molecule has 124 valence electrons. The lowest BCUT2D eigenvalue weighted by Crippen LogP contribution is -2.16. The van der Waals surface area contributed by atoms with Gasteiger partial charge in [0, 0.05) is 17.9 Å². The molecular formula is C19H27N3O. The van der Waals surface area contributed by atoms with E-state index in [2.05, 4.69) is 33.0 Å². The van der Waals surface area contributed by atoms with Crippen molar-refractivity contribution in [3.8, 4) is 5.69 Å². The van der Waals surface area contributed by atoms with Gasteiger partial charge in [-0.2, -0.15) is 5.10 Å². The average molecular weight is 313 g/mol. The summed E-state index contributed by atoms with van der Waals surface area (Å²) in [6, 6.07) is 10.1. The van der Waals surface area contributed by atoms with Crippen LogP contribution in [0.4, 0.5) is 5.82 Å². The SMILES string of the molecule is Cc1ccc(-n2nc(C(C)(C)C)cc2NC(=O)CC(C)C)cc1. The van der Waals surface area contributed by atoms with E-state index in [0.29, 0.717) is 12.3 Å². The van der Waals surface area contributed by atoms with Crippen molar-refractivity contribution in [2.24, 2.45) is 5.92 Å². The number of amides is 1. The molecule has 0 atom stereocenters. The molecule has 0 saturated heterocycles. The Morgan fingerprint density at radius 3 is 2.35 bits per heavy atom. The lowest BCUT2D eigenvalue weighted by Gasteiger charge is -2.14. The maximum absolute atomic E-state index is 12.2. The van der Waals surface area contributed by atoms with Crippen LogP contribution < -0.4 is 5.32 Å². The number of nitrogens with one attached hydrogen (secondary N) is 1. The van der Waals surface area contributed by atoms with Crippen LogP contribution in [0.1, 0.15) is 52.3 Å². The molecule has 0 radical (unpaired) electrons. The molecule has 4 nitrogen and oxygen atoms in total. The van der Waals surface area contributed by atoms with E-state index in [0.717, 1.165) is 17.2 Å². The second kappa shape index (κ2) is 6.57. The number of hydrogen-bond acceptors (Lipinski definition) is 2. The van der Waals surface area contributed by atoms with Crippen molar-refractivity contribution in [2.75, 3.05) is 5.32 Å². The van der Waals surface area contributed by atoms with Crippen LogP contribution in [-0.2, 0) is 10.2 Å². The van der Waals surface area contributed by atoms with E-state index in [1.165, 1.54) is 5.56 Å². The van der Waals surface area contributed by atoms with Crippen LogP contribution in [0.3, 0.4) is 0 Å². The van der Waals surface area contributed by atoms with Crippen molar-refractivity contribution in [1.29, 1.82) is 0 Å². The third-order valence-corrected chi connectivity index (χ3v) is 3.62. The summed E-state index contributed by atoms with van der Waals surface area (Å²) in [7, 11) is 0. The van der Waals surface area contributed by atoms with E-state index in [9.17, 15) is 4.79 Å². The van der Waals surface area contributed by atoms with E-state index in [-0.39, 0.29) is 11.3 Å². The fraction of sp³-hybridized carbons (Fsp3) is 0.474. The molecule has 0 fully saturated rings. The molecule has 1 aromatic heterocycles. The molecule has 0 aliphatic rings. The van der Waals surface area contributed by atoms with Gasteiger partial charge < -0.3 is 5.32 Å². The zero-order valence-electron chi connectivity index (χ0n) is 15.0. The normalized spacial score (nSPS) is 11.8. The Labute approximate surface area is 138 Å². The zero-order valence-corrected chi connectivity index (χ0v) is 15.0. The van der Waals surface area contributed by atoms with Crippen molar-refractivity contribution in [2.45, 2.75) is 53.4 Å². The fourth-order valence-electron chi connectivity index (χ4n) is 2.28. The van der Waals surface area contributed by atoms with E-state index in [1.807, 2.05) is 48.9 Å². The molecule has 1 N–H and O–H groups in total. The first-order valence-corrected chi connectivity index (χ1v) is 8.14. The van der Waals surface area contributed by atoms with Crippen molar-refractivity contribution >= 4 is 11.7 Å². The van der Waals surface area contributed by atoms with Crippen LogP contribution in [-0.4, -0.2) is 15.7 Å². The van der Waals surface area contributed by atoms with E-state index < -0.39 is 0 Å². The van der Waals surface area contributed by atoms with Gasteiger partial charge in [-0.05, 0) is 25.0 Å². The highest BCUT2D eigenvalue weighted by molar-refractivity contribution is 5.90. The highest BCUT2D eigenvalue weighted by Gasteiger charge is 2.21. The smallest absolute Gasteiger partial charge is 0.225 e.